The third-order valence-corrected chi connectivity index (χ3v) is 16.9. The first kappa shape index (κ1) is 42.8. The van der Waals surface area contributed by atoms with Crippen LogP contribution in [0.2, 0.25) is 0 Å². The monoisotopic (exact) mass is 784 g/mol. The molecule has 56 heavy (non-hydrogen) atoms. The van der Waals surface area contributed by atoms with Crippen molar-refractivity contribution in [1.29, 1.82) is 0 Å². The summed E-state index contributed by atoms with van der Waals surface area (Å²) in [5.74, 6) is -0.420. The molecule has 0 aromatic heterocycles. The number of aliphatic hydroxyl groups is 1. The Bertz CT molecular complexity index is 1620. The number of ether oxygens (including phenoxy) is 5. The fourth-order valence-corrected chi connectivity index (χ4v) is 13.9. The molecular weight excluding hydrogens is 716 g/mol. The molecule has 1 N–H and O–H groups in total. The smallest absolute Gasteiger partial charge is 0.303 e. The van der Waals surface area contributed by atoms with Crippen molar-refractivity contribution in [3.8, 4) is 0 Å². The first-order chi connectivity index (χ1) is 26.0. The van der Waals surface area contributed by atoms with Crippen LogP contribution in [0.4, 0.5) is 0 Å². The lowest BCUT2D eigenvalue weighted by Gasteiger charge is -2.71. The molecule has 0 bridgehead atoms. The molecule has 0 amide bonds. The van der Waals surface area contributed by atoms with Crippen LogP contribution in [0.3, 0.4) is 0 Å². The zero-order valence-corrected chi connectivity index (χ0v) is 35.7. The topological polar surface area (TPSA) is 152 Å². The molecular formula is C45H68O11. The van der Waals surface area contributed by atoms with E-state index in [9.17, 15) is 29.1 Å². The number of fused-ring (bicyclic) bond motifs is 7. The molecule has 6 aliphatic rings. The highest BCUT2D eigenvalue weighted by atomic mass is 16.7. The van der Waals surface area contributed by atoms with E-state index in [1.54, 1.807) is 0 Å². The first-order valence-electron chi connectivity index (χ1n) is 21.2. The van der Waals surface area contributed by atoms with Gasteiger partial charge in [-0.2, -0.15) is 0 Å². The zero-order chi connectivity index (χ0) is 41.3. The maximum atomic E-state index is 13.3. The molecule has 1 heterocycles. The van der Waals surface area contributed by atoms with Gasteiger partial charge in [-0.3, -0.25) is 24.0 Å². The molecule has 0 aromatic rings. The second-order valence-corrected chi connectivity index (χ2v) is 20.1. The fourth-order valence-electron chi connectivity index (χ4n) is 13.9. The number of ketones is 1. The van der Waals surface area contributed by atoms with Crippen LogP contribution in [0.15, 0.2) is 11.6 Å². The van der Waals surface area contributed by atoms with Gasteiger partial charge in [0.15, 0.2) is 18.3 Å². The van der Waals surface area contributed by atoms with E-state index in [1.807, 2.05) is 0 Å². The van der Waals surface area contributed by atoms with E-state index in [2.05, 4.69) is 54.5 Å². The van der Waals surface area contributed by atoms with Gasteiger partial charge in [0.1, 0.15) is 24.6 Å². The Labute approximate surface area is 333 Å². The summed E-state index contributed by atoms with van der Waals surface area (Å²) in [5, 5.41) is 12.5. The number of allylic oxidation sites excluding steroid dienone is 2. The lowest BCUT2D eigenvalue weighted by atomic mass is 9.33. The Kier molecular flexibility index (Phi) is 11.5. The standard InChI is InChI=1S/C45H68O11/c1-24-14-19-45(22-31(50)37-39(54-28(5)48)40(55-29(6)49)38(53-27(4)47)32(56-37)23-52-26(3)46)21-20-43(10)30(36(45)25(24)2)12-13-34-42(9)17-16-35(51)41(7,8)33(42)15-18-44(34,43)11/h12,24-25,31-34,36-40,50H,13-23H2,1-11H3/t24-,25+,31-,32?,33?,34?,36?,37+,38-,39?,40?,42+,43-,44-,45-/m1/s1. The summed E-state index contributed by atoms with van der Waals surface area (Å²) >= 11 is 0. The number of rotatable bonds is 8. The number of carbonyl (C=O) groups excluding carboxylic acids is 5. The minimum Gasteiger partial charge on any atom is -0.463 e. The van der Waals surface area contributed by atoms with Crippen molar-refractivity contribution in [2.45, 2.75) is 177 Å². The van der Waals surface area contributed by atoms with Gasteiger partial charge in [0.05, 0.1) is 6.10 Å². The number of aliphatic hydroxyl groups excluding tert-OH is 1. The lowest BCUT2D eigenvalue weighted by molar-refractivity contribution is -0.269. The van der Waals surface area contributed by atoms with Crippen molar-refractivity contribution in [2.75, 3.05) is 6.61 Å². The molecule has 0 radical (unpaired) electrons. The second kappa shape index (κ2) is 15.1. The number of carbonyl (C=O) groups is 5. The van der Waals surface area contributed by atoms with Crippen molar-refractivity contribution < 1.29 is 52.8 Å². The van der Waals surface area contributed by atoms with Crippen LogP contribution in [0, 0.1) is 56.7 Å². The molecule has 0 aromatic carbocycles. The third-order valence-electron chi connectivity index (χ3n) is 16.9. The maximum Gasteiger partial charge on any atom is 0.303 e. The molecule has 1 saturated heterocycles. The van der Waals surface area contributed by atoms with E-state index in [0.29, 0.717) is 42.3 Å². The normalized spacial score (nSPS) is 44.6. The average Bonchev–Trinajstić information content (AvgIpc) is 3.09. The molecule has 15 atom stereocenters. The van der Waals surface area contributed by atoms with Gasteiger partial charge in [-0.1, -0.05) is 60.1 Å². The summed E-state index contributed by atoms with van der Waals surface area (Å²) in [4.78, 5) is 62.7. The van der Waals surface area contributed by atoms with Crippen LogP contribution in [-0.2, 0) is 47.7 Å². The van der Waals surface area contributed by atoms with Crippen LogP contribution in [0.1, 0.15) is 140 Å². The van der Waals surface area contributed by atoms with Gasteiger partial charge in [-0.15, -0.1) is 0 Å². The molecule has 6 unspecified atom stereocenters. The predicted molar refractivity (Wildman–Crippen MR) is 207 cm³/mol. The SMILES string of the molecule is CC(=O)OCC1O[C@@H]([C@H](O)C[C@]23CC[C@@H](C)[C@H](C)C2C2=CCC4[C@@]5(C)CCC(=O)C(C)(C)C5CC[C@@]4(C)[C@]2(C)CC3)C(OC(C)=O)C(OC(C)=O)[C@@H]1OC(C)=O. The fraction of sp³-hybridized carbons (Fsp3) is 0.844. The quantitative estimate of drug-likeness (QED) is 0.153. The molecule has 1 aliphatic heterocycles. The molecule has 6 rings (SSSR count). The van der Waals surface area contributed by atoms with Gasteiger partial charge >= 0.3 is 23.9 Å². The summed E-state index contributed by atoms with van der Waals surface area (Å²) < 4.78 is 28.9. The molecule has 11 heteroatoms. The van der Waals surface area contributed by atoms with E-state index < -0.39 is 60.5 Å². The van der Waals surface area contributed by atoms with Gasteiger partial charge in [-0.25, -0.2) is 0 Å². The minimum atomic E-state index is -1.32. The van der Waals surface area contributed by atoms with Crippen LogP contribution >= 0.6 is 0 Å². The number of esters is 4. The molecule has 4 saturated carbocycles. The van der Waals surface area contributed by atoms with Crippen LogP contribution in [-0.4, -0.2) is 78.0 Å². The lowest BCUT2D eigenvalue weighted by Crippen LogP contribution is -2.66. The van der Waals surface area contributed by atoms with Crippen molar-refractivity contribution in [3.05, 3.63) is 11.6 Å². The molecule has 11 nitrogen and oxygen atoms in total. The van der Waals surface area contributed by atoms with Crippen LogP contribution < -0.4 is 0 Å². The van der Waals surface area contributed by atoms with E-state index in [4.69, 9.17) is 23.7 Å². The van der Waals surface area contributed by atoms with Gasteiger partial charge in [0.25, 0.3) is 0 Å². The van der Waals surface area contributed by atoms with Gasteiger partial charge in [-0.05, 0) is 109 Å². The van der Waals surface area contributed by atoms with Crippen LogP contribution in [0.25, 0.3) is 0 Å². The maximum absolute atomic E-state index is 13.3. The highest BCUT2D eigenvalue weighted by molar-refractivity contribution is 5.85. The number of Topliss-reactive ketones (excluding diaryl/α,β-unsaturated/α-hetero) is 1. The summed E-state index contributed by atoms with van der Waals surface area (Å²) in [5.41, 5.74) is 0.959. The minimum absolute atomic E-state index is 0.0454. The van der Waals surface area contributed by atoms with E-state index in [1.165, 1.54) is 33.3 Å². The van der Waals surface area contributed by atoms with Crippen LogP contribution in [0.5, 0.6) is 0 Å². The Morgan fingerprint density at radius 2 is 1.43 bits per heavy atom. The molecule has 0 spiro atoms. The van der Waals surface area contributed by atoms with Gasteiger partial charge in [0.2, 0.25) is 0 Å². The van der Waals surface area contributed by atoms with Gasteiger partial charge in [0, 0.05) is 39.5 Å². The van der Waals surface area contributed by atoms with Crippen molar-refractivity contribution >= 4 is 29.7 Å². The summed E-state index contributed by atoms with van der Waals surface area (Å²) in [6.45, 7) is 21.2. The molecule has 314 valence electrons. The highest BCUT2D eigenvalue weighted by Crippen LogP contribution is 2.76. The Morgan fingerprint density at radius 1 is 0.804 bits per heavy atom. The second-order valence-electron chi connectivity index (χ2n) is 20.1. The van der Waals surface area contributed by atoms with Crippen molar-refractivity contribution in [2.24, 2.45) is 56.7 Å². The Hall–Kier alpha value is -2.79. The number of hydrogen-bond donors (Lipinski definition) is 1. The summed E-state index contributed by atoms with van der Waals surface area (Å²) in [7, 11) is 0. The number of hydrogen-bond acceptors (Lipinski definition) is 11. The van der Waals surface area contributed by atoms with Gasteiger partial charge < -0.3 is 28.8 Å². The van der Waals surface area contributed by atoms with E-state index in [-0.39, 0.29) is 39.6 Å². The van der Waals surface area contributed by atoms with E-state index in [0.717, 1.165) is 51.4 Å². The molecule has 5 fully saturated rings. The Balaban J connectivity index is 1.37. The predicted octanol–water partition coefficient (Wildman–Crippen LogP) is 7.09. The highest BCUT2D eigenvalue weighted by Gasteiger charge is 2.69. The zero-order valence-electron chi connectivity index (χ0n) is 35.7. The summed E-state index contributed by atoms with van der Waals surface area (Å²) in [6.07, 6.45) is 4.08. The third kappa shape index (κ3) is 6.96. The van der Waals surface area contributed by atoms with E-state index >= 15 is 0 Å². The average molecular weight is 785 g/mol. The van der Waals surface area contributed by atoms with Crippen molar-refractivity contribution in [3.63, 3.8) is 0 Å². The first-order valence-corrected chi connectivity index (χ1v) is 21.2. The largest absolute Gasteiger partial charge is 0.463 e. The Morgan fingerprint density at radius 3 is 2.05 bits per heavy atom. The van der Waals surface area contributed by atoms with Crippen molar-refractivity contribution in [1.82, 2.24) is 0 Å². The molecule has 5 aliphatic carbocycles. The summed E-state index contributed by atoms with van der Waals surface area (Å²) in [6, 6.07) is 0.